The van der Waals surface area contributed by atoms with E-state index in [0.29, 0.717) is 5.95 Å². The minimum Gasteiger partial charge on any atom is -0.368 e. The van der Waals surface area contributed by atoms with E-state index in [1.807, 2.05) is 12.4 Å². The summed E-state index contributed by atoms with van der Waals surface area (Å²) in [4.78, 5) is 12.0. The van der Waals surface area contributed by atoms with Crippen LogP contribution in [0.5, 0.6) is 0 Å². The molecule has 92 valence electrons. The molecule has 0 aromatic carbocycles. The lowest BCUT2D eigenvalue weighted by Gasteiger charge is -2.12. The average Bonchev–Trinajstić information content (AvgIpc) is 2.76. The summed E-state index contributed by atoms with van der Waals surface area (Å²) in [7, 11) is 5.94. The Hall–Kier alpha value is -1.40. The first kappa shape index (κ1) is 12.1. The second-order valence-corrected chi connectivity index (χ2v) is 4.91. The van der Waals surface area contributed by atoms with E-state index in [-0.39, 0.29) is 0 Å². The molecule has 2 rings (SSSR count). The van der Waals surface area contributed by atoms with Crippen LogP contribution in [0.1, 0.15) is 0 Å². The number of nitrogens with zero attached hydrogens (tertiary/aromatic N) is 3. The Morgan fingerprint density at radius 2 is 2.18 bits per heavy atom. The zero-order valence-electron chi connectivity index (χ0n) is 10.3. The zero-order chi connectivity index (χ0) is 12.3. The first-order chi connectivity index (χ1) is 8.20. The molecular weight excluding hydrogens is 234 g/mol. The molecule has 0 unspecified atom stereocenters. The van der Waals surface area contributed by atoms with E-state index in [1.165, 1.54) is 0 Å². The van der Waals surface area contributed by atoms with Crippen molar-refractivity contribution < 1.29 is 0 Å². The van der Waals surface area contributed by atoms with Crippen LogP contribution in [0.4, 0.5) is 11.8 Å². The molecule has 0 saturated heterocycles. The third-order valence-electron chi connectivity index (χ3n) is 2.40. The van der Waals surface area contributed by atoms with E-state index in [2.05, 4.69) is 45.7 Å². The van der Waals surface area contributed by atoms with Crippen molar-refractivity contribution in [1.82, 2.24) is 14.9 Å². The van der Waals surface area contributed by atoms with E-state index in [4.69, 9.17) is 0 Å². The summed E-state index contributed by atoms with van der Waals surface area (Å²) >= 11 is 1.63. The molecule has 0 spiro atoms. The van der Waals surface area contributed by atoms with Crippen molar-refractivity contribution in [3.8, 4) is 0 Å². The SMILES string of the molecule is CNc1nc(NCCN(C)C)c2ccsc2n1. The van der Waals surface area contributed by atoms with Gasteiger partial charge in [0.05, 0.1) is 5.39 Å². The monoisotopic (exact) mass is 251 g/mol. The Morgan fingerprint density at radius 1 is 1.35 bits per heavy atom. The molecule has 2 N–H and O–H groups in total. The lowest BCUT2D eigenvalue weighted by Crippen LogP contribution is -2.21. The summed E-state index contributed by atoms with van der Waals surface area (Å²) in [6, 6.07) is 2.05. The number of fused-ring (bicyclic) bond motifs is 1. The number of likely N-dealkylation sites (N-methyl/N-ethyl adjacent to an activating group) is 1. The maximum absolute atomic E-state index is 4.44. The largest absolute Gasteiger partial charge is 0.368 e. The number of rotatable bonds is 5. The van der Waals surface area contributed by atoms with E-state index >= 15 is 0 Å². The highest BCUT2D eigenvalue weighted by atomic mass is 32.1. The molecule has 6 heteroatoms. The van der Waals surface area contributed by atoms with Gasteiger partial charge < -0.3 is 15.5 Å². The molecule has 0 bridgehead atoms. The van der Waals surface area contributed by atoms with Gasteiger partial charge in [0.1, 0.15) is 10.6 Å². The van der Waals surface area contributed by atoms with Crippen LogP contribution in [0.15, 0.2) is 11.4 Å². The average molecular weight is 251 g/mol. The molecule has 2 aromatic heterocycles. The van der Waals surface area contributed by atoms with Crippen molar-refractivity contribution in [2.45, 2.75) is 0 Å². The first-order valence-corrected chi connectivity index (χ1v) is 6.40. The fourth-order valence-corrected chi connectivity index (χ4v) is 2.26. The first-order valence-electron chi connectivity index (χ1n) is 5.52. The minimum atomic E-state index is 0.660. The maximum Gasteiger partial charge on any atom is 0.225 e. The smallest absolute Gasteiger partial charge is 0.225 e. The highest BCUT2D eigenvalue weighted by Gasteiger charge is 2.07. The van der Waals surface area contributed by atoms with Gasteiger partial charge in [-0.3, -0.25) is 0 Å². The van der Waals surface area contributed by atoms with Gasteiger partial charge in [-0.15, -0.1) is 11.3 Å². The number of anilines is 2. The number of hydrogen-bond acceptors (Lipinski definition) is 6. The van der Waals surface area contributed by atoms with Gasteiger partial charge in [0.2, 0.25) is 5.95 Å². The van der Waals surface area contributed by atoms with Crippen LogP contribution in [-0.4, -0.2) is 49.1 Å². The van der Waals surface area contributed by atoms with E-state index in [0.717, 1.165) is 29.1 Å². The van der Waals surface area contributed by atoms with Crippen molar-refractivity contribution in [3.05, 3.63) is 11.4 Å². The van der Waals surface area contributed by atoms with Crippen LogP contribution in [0.2, 0.25) is 0 Å². The third-order valence-corrected chi connectivity index (χ3v) is 3.21. The normalized spacial score (nSPS) is 11.1. The summed E-state index contributed by atoms with van der Waals surface area (Å²) in [5, 5.41) is 9.46. The fraction of sp³-hybridized carbons (Fsp3) is 0.455. The van der Waals surface area contributed by atoms with Gasteiger partial charge in [-0.1, -0.05) is 0 Å². The Morgan fingerprint density at radius 3 is 2.88 bits per heavy atom. The fourth-order valence-electron chi connectivity index (χ4n) is 1.50. The van der Waals surface area contributed by atoms with Gasteiger partial charge in [-0.25, -0.2) is 4.98 Å². The van der Waals surface area contributed by atoms with Crippen molar-refractivity contribution >= 4 is 33.3 Å². The van der Waals surface area contributed by atoms with Crippen LogP contribution < -0.4 is 10.6 Å². The number of hydrogen-bond donors (Lipinski definition) is 2. The van der Waals surface area contributed by atoms with Crippen molar-refractivity contribution in [3.63, 3.8) is 0 Å². The van der Waals surface area contributed by atoms with Gasteiger partial charge >= 0.3 is 0 Å². The van der Waals surface area contributed by atoms with Crippen molar-refractivity contribution in [1.29, 1.82) is 0 Å². The Kier molecular flexibility index (Phi) is 3.75. The van der Waals surface area contributed by atoms with Crippen LogP contribution in [0, 0.1) is 0 Å². The topological polar surface area (TPSA) is 53.1 Å². The lowest BCUT2D eigenvalue weighted by molar-refractivity contribution is 0.425. The molecule has 0 aliphatic heterocycles. The van der Waals surface area contributed by atoms with Gasteiger partial charge in [-0.2, -0.15) is 4.98 Å². The molecule has 17 heavy (non-hydrogen) atoms. The second kappa shape index (κ2) is 5.29. The summed E-state index contributed by atoms with van der Waals surface area (Å²) < 4.78 is 0. The quantitative estimate of drug-likeness (QED) is 0.847. The Bertz CT molecular complexity index is 494. The molecule has 5 nitrogen and oxygen atoms in total. The standard InChI is InChI=1S/C11H17N5S/c1-12-11-14-9(13-5-6-16(2)3)8-4-7-17-10(8)15-11/h4,7H,5-6H2,1-3H3,(H2,12,13,14,15). The molecule has 0 saturated carbocycles. The van der Waals surface area contributed by atoms with E-state index < -0.39 is 0 Å². The Balaban J connectivity index is 2.21. The molecular formula is C11H17N5S. The summed E-state index contributed by atoms with van der Waals surface area (Å²) in [5.74, 6) is 1.56. The molecule has 0 aliphatic rings. The molecule has 0 atom stereocenters. The van der Waals surface area contributed by atoms with Gasteiger partial charge in [-0.05, 0) is 25.5 Å². The van der Waals surface area contributed by atoms with E-state index in [9.17, 15) is 0 Å². The number of thiophene rings is 1. The molecule has 2 heterocycles. The minimum absolute atomic E-state index is 0.660. The lowest BCUT2D eigenvalue weighted by atomic mass is 10.4. The molecule has 0 amide bonds. The maximum atomic E-state index is 4.44. The summed E-state index contributed by atoms with van der Waals surface area (Å²) in [6.45, 7) is 1.85. The van der Waals surface area contributed by atoms with E-state index in [1.54, 1.807) is 11.3 Å². The van der Waals surface area contributed by atoms with Crippen LogP contribution in [0.3, 0.4) is 0 Å². The predicted molar refractivity (Wildman–Crippen MR) is 74.0 cm³/mol. The number of nitrogens with one attached hydrogen (secondary N) is 2. The van der Waals surface area contributed by atoms with Gasteiger partial charge in [0.25, 0.3) is 0 Å². The predicted octanol–water partition coefficient (Wildman–Crippen LogP) is 1.71. The number of aromatic nitrogens is 2. The van der Waals surface area contributed by atoms with Gasteiger partial charge in [0.15, 0.2) is 0 Å². The zero-order valence-corrected chi connectivity index (χ0v) is 11.1. The van der Waals surface area contributed by atoms with Crippen LogP contribution in [-0.2, 0) is 0 Å². The summed E-state index contributed by atoms with van der Waals surface area (Å²) in [6.07, 6.45) is 0. The van der Waals surface area contributed by atoms with Crippen LogP contribution >= 0.6 is 11.3 Å². The van der Waals surface area contributed by atoms with Crippen molar-refractivity contribution in [2.75, 3.05) is 44.9 Å². The van der Waals surface area contributed by atoms with Crippen LogP contribution in [0.25, 0.3) is 10.2 Å². The highest BCUT2D eigenvalue weighted by Crippen LogP contribution is 2.26. The summed E-state index contributed by atoms with van der Waals surface area (Å²) in [5.41, 5.74) is 0. The van der Waals surface area contributed by atoms with Crippen molar-refractivity contribution in [2.24, 2.45) is 0 Å². The molecule has 2 aromatic rings. The molecule has 0 aliphatic carbocycles. The third kappa shape index (κ3) is 2.83. The molecule has 0 fully saturated rings. The highest BCUT2D eigenvalue weighted by molar-refractivity contribution is 7.16. The molecule has 0 radical (unpaired) electrons. The second-order valence-electron chi connectivity index (χ2n) is 4.02. The Labute approximate surface area is 105 Å². The van der Waals surface area contributed by atoms with Gasteiger partial charge in [0, 0.05) is 20.1 Å².